The summed E-state index contributed by atoms with van der Waals surface area (Å²) in [5.41, 5.74) is -0.194. The molecule has 3 nitrogen and oxygen atoms in total. The maximum atomic E-state index is 9.88. The van der Waals surface area contributed by atoms with Crippen LogP contribution in [-0.4, -0.2) is 36.0 Å². The van der Waals surface area contributed by atoms with E-state index in [2.05, 4.69) is 19.2 Å². The Morgan fingerprint density at radius 3 is 2.21 bits per heavy atom. The van der Waals surface area contributed by atoms with Crippen molar-refractivity contribution in [2.45, 2.75) is 82.9 Å². The molecule has 0 aromatic rings. The minimum absolute atomic E-state index is 0.194. The van der Waals surface area contributed by atoms with Crippen LogP contribution in [0.15, 0.2) is 0 Å². The van der Waals surface area contributed by atoms with Gasteiger partial charge in [0.15, 0.2) is 0 Å². The van der Waals surface area contributed by atoms with Gasteiger partial charge in [-0.2, -0.15) is 0 Å². The fraction of sp³-hybridized carbons (Fsp3) is 1.00. The van der Waals surface area contributed by atoms with Gasteiger partial charge >= 0.3 is 0 Å². The molecule has 1 unspecified atom stereocenters. The summed E-state index contributed by atoms with van der Waals surface area (Å²) in [6.07, 6.45) is 10.6. The third-order valence-corrected chi connectivity index (χ3v) is 4.60. The number of ether oxygens (including phenoxy) is 1. The largest absolute Gasteiger partial charge is 0.394 e. The van der Waals surface area contributed by atoms with Crippen molar-refractivity contribution in [3.63, 3.8) is 0 Å². The van der Waals surface area contributed by atoms with E-state index in [1.807, 2.05) is 0 Å². The van der Waals surface area contributed by atoms with Gasteiger partial charge in [-0.15, -0.1) is 0 Å². The number of hydrogen-bond donors (Lipinski definition) is 2. The number of hydrogen-bond acceptors (Lipinski definition) is 3. The third kappa shape index (κ3) is 4.44. The Bertz CT molecular complexity index is 257. The van der Waals surface area contributed by atoms with Crippen LogP contribution in [0.4, 0.5) is 0 Å². The lowest BCUT2D eigenvalue weighted by molar-refractivity contribution is -0.0263. The second-order valence-electron chi connectivity index (χ2n) is 6.81. The van der Waals surface area contributed by atoms with Crippen molar-refractivity contribution in [1.82, 2.24) is 5.32 Å². The second kappa shape index (κ2) is 7.05. The highest BCUT2D eigenvalue weighted by atomic mass is 16.5. The van der Waals surface area contributed by atoms with Crippen molar-refractivity contribution in [1.29, 1.82) is 0 Å². The molecule has 0 amide bonds. The molecular weight excluding hydrogens is 238 g/mol. The van der Waals surface area contributed by atoms with E-state index < -0.39 is 0 Å². The normalized spacial score (nSPS) is 25.3. The van der Waals surface area contributed by atoms with Crippen LogP contribution in [0.3, 0.4) is 0 Å². The van der Waals surface area contributed by atoms with Gasteiger partial charge in [-0.3, -0.25) is 0 Å². The molecule has 2 aliphatic carbocycles. The smallest absolute Gasteiger partial charge is 0.0681 e. The van der Waals surface area contributed by atoms with E-state index in [1.54, 1.807) is 0 Å². The molecule has 2 aliphatic rings. The van der Waals surface area contributed by atoms with Gasteiger partial charge in [-0.1, -0.05) is 39.5 Å². The van der Waals surface area contributed by atoms with Crippen LogP contribution in [0, 0.1) is 5.92 Å². The number of nitrogens with one attached hydrogen (secondary N) is 1. The molecule has 3 heteroatoms. The van der Waals surface area contributed by atoms with Gasteiger partial charge in [0.1, 0.15) is 0 Å². The zero-order valence-corrected chi connectivity index (χ0v) is 12.7. The number of rotatable bonds is 7. The number of aliphatic hydroxyl groups excluding tert-OH is 1. The highest BCUT2D eigenvalue weighted by Gasteiger charge is 2.45. The van der Waals surface area contributed by atoms with Crippen LogP contribution in [-0.2, 0) is 4.74 Å². The average Bonchev–Trinajstić information content (AvgIpc) is 3.20. The molecule has 2 N–H and O–H groups in total. The van der Waals surface area contributed by atoms with Crippen LogP contribution < -0.4 is 5.32 Å². The lowest BCUT2D eigenvalue weighted by Crippen LogP contribution is -2.57. The van der Waals surface area contributed by atoms with Crippen LogP contribution in [0.2, 0.25) is 0 Å². The Kier molecular flexibility index (Phi) is 5.67. The summed E-state index contributed by atoms with van der Waals surface area (Å²) < 4.78 is 6.20. The summed E-state index contributed by atoms with van der Waals surface area (Å²) in [6, 6.07) is 0.394. The number of aliphatic hydroxyl groups is 1. The fourth-order valence-corrected chi connectivity index (χ4v) is 3.38. The molecule has 0 heterocycles. The minimum Gasteiger partial charge on any atom is -0.394 e. The molecule has 112 valence electrons. The summed E-state index contributed by atoms with van der Waals surface area (Å²) >= 11 is 0. The molecule has 0 aliphatic heterocycles. The molecule has 0 radical (unpaired) electrons. The predicted octanol–water partition coefficient (Wildman–Crippen LogP) is 2.86. The minimum atomic E-state index is -0.194. The van der Waals surface area contributed by atoms with Crippen molar-refractivity contribution in [2.24, 2.45) is 5.92 Å². The molecule has 2 fully saturated rings. The topological polar surface area (TPSA) is 41.5 Å². The third-order valence-electron chi connectivity index (χ3n) is 4.60. The zero-order valence-electron chi connectivity index (χ0n) is 12.7. The second-order valence-corrected chi connectivity index (χ2v) is 6.81. The summed E-state index contributed by atoms with van der Waals surface area (Å²) in [4.78, 5) is 0. The van der Waals surface area contributed by atoms with Crippen molar-refractivity contribution < 1.29 is 9.84 Å². The Balaban J connectivity index is 1.87. The Labute approximate surface area is 118 Å². The summed E-state index contributed by atoms with van der Waals surface area (Å²) in [7, 11) is 0. The summed E-state index contributed by atoms with van der Waals surface area (Å²) in [5, 5.41) is 13.5. The van der Waals surface area contributed by atoms with E-state index >= 15 is 0 Å². The lowest BCUT2D eigenvalue weighted by Gasteiger charge is -2.36. The highest BCUT2D eigenvalue weighted by molar-refractivity contribution is 5.02. The van der Waals surface area contributed by atoms with Gasteiger partial charge in [0.25, 0.3) is 0 Å². The van der Waals surface area contributed by atoms with Crippen LogP contribution in [0.25, 0.3) is 0 Å². The van der Waals surface area contributed by atoms with Crippen molar-refractivity contribution in [3.8, 4) is 0 Å². The average molecular weight is 269 g/mol. The quantitative estimate of drug-likeness (QED) is 0.698. The standard InChI is InChI=1S/C16H31NO2/c1-13(2)17-16(11-18,14-9-10-14)12-19-15-7-5-3-4-6-8-15/h13-15,17-18H,3-12H2,1-2H3. The first-order valence-corrected chi connectivity index (χ1v) is 8.16. The Morgan fingerprint density at radius 2 is 1.74 bits per heavy atom. The zero-order chi connectivity index (χ0) is 13.7. The Morgan fingerprint density at radius 1 is 1.11 bits per heavy atom. The Hall–Kier alpha value is -0.120. The molecule has 0 aromatic heterocycles. The van der Waals surface area contributed by atoms with Gasteiger partial charge in [0, 0.05) is 6.04 Å². The van der Waals surface area contributed by atoms with Crippen molar-refractivity contribution in [2.75, 3.05) is 13.2 Å². The van der Waals surface area contributed by atoms with E-state index in [0.717, 1.165) is 0 Å². The van der Waals surface area contributed by atoms with Gasteiger partial charge in [-0.25, -0.2) is 0 Å². The van der Waals surface area contributed by atoms with Crippen LogP contribution in [0.5, 0.6) is 0 Å². The molecular formula is C16H31NO2. The lowest BCUT2D eigenvalue weighted by atomic mass is 9.94. The first-order chi connectivity index (χ1) is 9.16. The molecule has 19 heavy (non-hydrogen) atoms. The first kappa shape index (κ1) is 15.3. The van der Waals surface area contributed by atoms with E-state index in [9.17, 15) is 5.11 Å². The van der Waals surface area contributed by atoms with Gasteiger partial charge < -0.3 is 15.2 Å². The first-order valence-electron chi connectivity index (χ1n) is 8.16. The monoisotopic (exact) mass is 269 g/mol. The molecule has 0 spiro atoms. The van der Waals surface area contributed by atoms with Crippen LogP contribution >= 0.6 is 0 Å². The predicted molar refractivity (Wildman–Crippen MR) is 78.3 cm³/mol. The van der Waals surface area contributed by atoms with E-state index in [0.29, 0.717) is 24.7 Å². The molecule has 0 saturated heterocycles. The van der Waals surface area contributed by atoms with Crippen LogP contribution in [0.1, 0.15) is 65.2 Å². The summed E-state index contributed by atoms with van der Waals surface area (Å²) in [6.45, 7) is 5.18. The summed E-state index contributed by atoms with van der Waals surface area (Å²) in [5.74, 6) is 0.602. The van der Waals surface area contributed by atoms with E-state index in [1.165, 1.54) is 51.4 Å². The van der Waals surface area contributed by atoms with Crippen molar-refractivity contribution >= 4 is 0 Å². The van der Waals surface area contributed by atoms with Gasteiger partial charge in [0.2, 0.25) is 0 Å². The SMILES string of the molecule is CC(C)NC(CO)(COC1CCCCCC1)C1CC1. The molecule has 2 rings (SSSR count). The molecule has 1 atom stereocenters. The fourth-order valence-electron chi connectivity index (χ4n) is 3.38. The van der Waals surface area contributed by atoms with Crippen molar-refractivity contribution in [3.05, 3.63) is 0 Å². The van der Waals surface area contributed by atoms with Gasteiger partial charge in [0.05, 0.1) is 24.9 Å². The maximum Gasteiger partial charge on any atom is 0.0681 e. The highest BCUT2D eigenvalue weighted by Crippen LogP contribution is 2.40. The molecule has 0 aromatic carbocycles. The van der Waals surface area contributed by atoms with E-state index in [-0.39, 0.29) is 12.1 Å². The van der Waals surface area contributed by atoms with Gasteiger partial charge in [-0.05, 0) is 31.6 Å². The molecule has 0 bridgehead atoms. The maximum absolute atomic E-state index is 9.88. The molecule has 2 saturated carbocycles. The van der Waals surface area contributed by atoms with E-state index in [4.69, 9.17) is 4.74 Å².